The number of rotatable bonds is 2. The van der Waals surface area contributed by atoms with E-state index in [4.69, 9.17) is 0 Å². The fourth-order valence-corrected chi connectivity index (χ4v) is 2.26. The molecule has 94 valence electrons. The van der Waals surface area contributed by atoms with Crippen molar-refractivity contribution in [3.05, 3.63) is 16.8 Å². The standard InChI is InChI=1S/C13H16N4O/c1-9-10(2)15-16-13(12(9)6-14)17-5-3-4-11(7-17)8-18/h8,11H,3-5,7H2,1-2H3. The molecule has 0 N–H and O–H groups in total. The quantitative estimate of drug-likeness (QED) is 0.735. The number of carbonyl (C=O) groups excluding carboxylic acids is 1. The number of nitriles is 1. The lowest BCUT2D eigenvalue weighted by Gasteiger charge is -2.31. The summed E-state index contributed by atoms with van der Waals surface area (Å²) in [7, 11) is 0. The molecule has 0 bridgehead atoms. The topological polar surface area (TPSA) is 69.9 Å². The van der Waals surface area contributed by atoms with Gasteiger partial charge in [0.15, 0.2) is 5.82 Å². The number of piperidine rings is 1. The number of nitrogens with zero attached hydrogens (tertiary/aromatic N) is 4. The van der Waals surface area contributed by atoms with Gasteiger partial charge in [-0.25, -0.2) is 0 Å². The Morgan fingerprint density at radius 1 is 1.44 bits per heavy atom. The second-order valence-corrected chi connectivity index (χ2v) is 4.71. The van der Waals surface area contributed by atoms with E-state index in [1.165, 1.54) is 0 Å². The van der Waals surface area contributed by atoms with Gasteiger partial charge in [-0.3, -0.25) is 0 Å². The minimum Gasteiger partial charge on any atom is -0.353 e. The van der Waals surface area contributed by atoms with Gasteiger partial charge in [0.05, 0.1) is 5.69 Å². The van der Waals surface area contributed by atoms with Crippen molar-refractivity contribution in [3.63, 3.8) is 0 Å². The van der Waals surface area contributed by atoms with Gasteiger partial charge >= 0.3 is 0 Å². The molecule has 1 aliphatic heterocycles. The van der Waals surface area contributed by atoms with Crippen LogP contribution in [0.2, 0.25) is 0 Å². The van der Waals surface area contributed by atoms with Gasteiger partial charge in [0, 0.05) is 19.0 Å². The van der Waals surface area contributed by atoms with Crippen molar-refractivity contribution in [2.75, 3.05) is 18.0 Å². The Morgan fingerprint density at radius 2 is 2.22 bits per heavy atom. The largest absolute Gasteiger partial charge is 0.353 e. The average molecular weight is 244 g/mol. The van der Waals surface area contributed by atoms with Crippen LogP contribution in [0.15, 0.2) is 0 Å². The van der Waals surface area contributed by atoms with Gasteiger partial charge < -0.3 is 9.69 Å². The number of carbonyl (C=O) groups is 1. The molecule has 1 unspecified atom stereocenters. The number of anilines is 1. The van der Waals surface area contributed by atoms with Gasteiger partial charge in [0.1, 0.15) is 17.9 Å². The second kappa shape index (κ2) is 5.13. The minimum atomic E-state index is 0.0358. The molecule has 0 amide bonds. The lowest BCUT2D eigenvalue weighted by atomic mass is 9.99. The van der Waals surface area contributed by atoms with Gasteiger partial charge in [-0.1, -0.05) is 0 Å². The van der Waals surface area contributed by atoms with Crippen molar-refractivity contribution in [2.24, 2.45) is 5.92 Å². The van der Waals surface area contributed by atoms with Crippen molar-refractivity contribution in [2.45, 2.75) is 26.7 Å². The molecule has 1 aromatic rings. The van der Waals surface area contributed by atoms with E-state index in [1.54, 1.807) is 0 Å². The summed E-state index contributed by atoms with van der Waals surface area (Å²) in [5.74, 6) is 0.654. The zero-order valence-electron chi connectivity index (χ0n) is 10.7. The van der Waals surface area contributed by atoms with E-state index in [0.29, 0.717) is 17.9 Å². The van der Waals surface area contributed by atoms with Gasteiger partial charge in [0.2, 0.25) is 0 Å². The highest BCUT2D eigenvalue weighted by Gasteiger charge is 2.24. The van der Waals surface area contributed by atoms with E-state index in [2.05, 4.69) is 16.3 Å². The average Bonchev–Trinajstić information content (AvgIpc) is 2.41. The van der Waals surface area contributed by atoms with Gasteiger partial charge in [-0.15, -0.1) is 5.10 Å². The molecule has 1 saturated heterocycles. The number of aldehydes is 1. The van der Waals surface area contributed by atoms with E-state index < -0.39 is 0 Å². The van der Waals surface area contributed by atoms with Crippen LogP contribution in [-0.4, -0.2) is 29.6 Å². The van der Waals surface area contributed by atoms with Crippen LogP contribution >= 0.6 is 0 Å². The molecule has 0 radical (unpaired) electrons. The van der Waals surface area contributed by atoms with E-state index >= 15 is 0 Å². The van der Waals surface area contributed by atoms with Gasteiger partial charge in [-0.2, -0.15) is 10.4 Å². The smallest absolute Gasteiger partial charge is 0.169 e. The van der Waals surface area contributed by atoms with Crippen molar-refractivity contribution in [1.29, 1.82) is 5.26 Å². The summed E-state index contributed by atoms with van der Waals surface area (Å²) in [4.78, 5) is 12.9. The molecule has 18 heavy (non-hydrogen) atoms. The number of aromatic nitrogens is 2. The summed E-state index contributed by atoms with van der Waals surface area (Å²) in [6, 6.07) is 2.20. The summed E-state index contributed by atoms with van der Waals surface area (Å²) < 4.78 is 0. The third kappa shape index (κ3) is 2.19. The minimum absolute atomic E-state index is 0.0358. The zero-order valence-corrected chi connectivity index (χ0v) is 10.7. The molecule has 1 fully saturated rings. The highest BCUT2D eigenvalue weighted by molar-refractivity contribution is 5.60. The van der Waals surface area contributed by atoms with E-state index in [0.717, 1.165) is 36.9 Å². The summed E-state index contributed by atoms with van der Waals surface area (Å²) >= 11 is 0. The predicted molar refractivity (Wildman–Crippen MR) is 67.2 cm³/mol. The molecule has 1 atom stereocenters. The Kier molecular flexibility index (Phi) is 3.56. The Balaban J connectivity index is 2.36. The maximum atomic E-state index is 10.9. The molecular weight excluding hydrogens is 228 g/mol. The first kappa shape index (κ1) is 12.5. The molecule has 5 nitrogen and oxygen atoms in total. The molecule has 1 aliphatic rings. The highest BCUT2D eigenvalue weighted by Crippen LogP contribution is 2.25. The summed E-state index contributed by atoms with van der Waals surface area (Å²) in [6.07, 6.45) is 2.86. The lowest BCUT2D eigenvalue weighted by Crippen LogP contribution is -2.37. The van der Waals surface area contributed by atoms with Crippen LogP contribution in [0.4, 0.5) is 5.82 Å². The Hall–Kier alpha value is -1.96. The Bertz CT molecular complexity index is 506. The zero-order chi connectivity index (χ0) is 13.1. The molecule has 0 aliphatic carbocycles. The van der Waals surface area contributed by atoms with Gasteiger partial charge in [-0.05, 0) is 32.3 Å². The van der Waals surface area contributed by atoms with Crippen molar-refractivity contribution in [1.82, 2.24) is 10.2 Å². The maximum Gasteiger partial charge on any atom is 0.169 e. The molecule has 2 rings (SSSR count). The SMILES string of the molecule is Cc1nnc(N2CCCC(C=O)C2)c(C#N)c1C. The molecular formula is C13H16N4O. The van der Waals surface area contributed by atoms with Crippen LogP contribution in [0.3, 0.4) is 0 Å². The first-order valence-electron chi connectivity index (χ1n) is 6.11. The summed E-state index contributed by atoms with van der Waals surface area (Å²) in [6.45, 7) is 5.19. The van der Waals surface area contributed by atoms with Crippen molar-refractivity contribution < 1.29 is 4.79 Å². The maximum absolute atomic E-state index is 10.9. The van der Waals surface area contributed by atoms with Crippen LogP contribution < -0.4 is 4.90 Å². The Morgan fingerprint density at radius 3 is 2.89 bits per heavy atom. The number of aryl methyl sites for hydroxylation is 1. The molecule has 1 aromatic heterocycles. The number of hydrogen-bond donors (Lipinski definition) is 0. The Labute approximate surface area is 106 Å². The van der Waals surface area contributed by atoms with Crippen molar-refractivity contribution >= 4 is 12.1 Å². The molecule has 5 heteroatoms. The second-order valence-electron chi connectivity index (χ2n) is 4.71. The first-order chi connectivity index (χ1) is 8.67. The monoisotopic (exact) mass is 244 g/mol. The van der Waals surface area contributed by atoms with E-state index in [-0.39, 0.29) is 5.92 Å². The fourth-order valence-electron chi connectivity index (χ4n) is 2.26. The van der Waals surface area contributed by atoms with Crippen molar-refractivity contribution in [3.8, 4) is 6.07 Å². The van der Waals surface area contributed by atoms with E-state index in [1.807, 2.05) is 18.7 Å². The van der Waals surface area contributed by atoms with Crippen LogP contribution in [0.1, 0.15) is 29.7 Å². The molecule has 0 spiro atoms. The van der Waals surface area contributed by atoms with Crippen LogP contribution in [0, 0.1) is 31.1 Å². The molecule has 0 saturated carbocycles. The summed E-state index contributed by atoms with van der Waals surface area (Å²) in [5, 5.41) is 17.5. The van der Waals surface area contributed by atoms with Gasteiger partial charge in [0.25, 0.3) is 0 Å². The third-order valence-electron chi connectivity index (χ3n) is 3.50. The van der Waals surface area contributed by atoms with Crippen LogP contribution in [-0.2, 0) is 4.79 Å². The third-order valence-corrected chi connectivity index (χ3v) is 3.50. The normalized spacial score (nSPS) is 19.4. The van der Waals surface area contributed by atoms with Crippen LogP contribution in [0.25, 0.3) is 0 Å². The summed E-state index contributed by atoms with van der Waals surface area (Å²) in [5.41, 5.74) is 2.23. The van der Waals surface area contributed by atoms with Crippen LogP contribution in [0.5, 0.6) is 0 Å². The first-order valence-corrected chi connectivity index (χ1v) is 6.11. The number of hydrogen-bond acceptors (Lipinski definition) is 5. The van der Waals surface area contributed by atoms with E-state index in [9.17, 15) is 10.1 Å². The molecule has 0 aromatic carbocycles. The highest BCUT2D eigenvalue weighted by atomic mass is 16.1. The lowest BCUT2D eigenvalue weighted by molar-refractivity contribution is -0.111. The predicted octanol–water partition coefficient (Wildman–Crippen LogP) is 1.38. The fraction of sp³-hybridized carbons (Fsp3) is 0.538. The molecule has 2 heterocycles.